The second-order valence-electron chi connectivity index (χ2n) is 4.65. The Labute approximate surface area is 120 Å². The zero-order valence-electron chi connectivity index (χ0n) is 11.1. The molecule has 1 fully saturated rings. The standard InChI is InChI=1S/C13H16FN3O4/c14-10-9(6-18)21-13(11(12(10)19)16-17-15)20-7-8-4-2-1-3-5-8/h1-5,9-13,18-19H,6-7H2/t9?,10-,11-,12+,13?/m1/s1. The van der Waals surface area contributed by atoms with Crippen molar-refractivity contribution in [2.75, 3.05) is 6.61 Å². The highest BCUT2D eigenvalue weighted by Gasteiger charge is 2.45. The summed E-state index contributed by atoms with van der Waals surface area (Å²) in [6.45, 7) is -0.461. The topological polar surface area (TPSA) is 108 Å². The van der Waals surface area contributed by atoms with Gasteiger partial charge in [0, 0.05) is 4.91 Å². The monoisotopic (exact) mass is 297 g/mol. The number of aliphatic hydroxyl groups excluding tert-OH is 2. The van der Waals surface area contributed by atoms with E-state index in [1.165, 1.54) is 0 Å². The van der Waals surface area contributed by atoms with Crippen molar-refractivity contribution >= 4 is 0 Å². The van der Waals surface area contributed by atoms with Gasteiger partial charge in [0.1, 0.15) is 18.2 Å². The lowest BCUT2D eigenvalue weighted by molar-refractivity contribution is -0.257. The molecular weight excluding hydrogens is 281 g/mol. The lowest BCUT2D eigenvalue weighted by Crippen LogP contribution is -2.56. The minimum atomic E-state index is -1.85. The molecule has 21 heavy (non-hydrogen) atoms. The number of hydrogen-bond donors (Lipinski definition) is 2. The maximum absolute atomic E-state index is 13.8. The average Bonchev–Trinajstić information content (AvgIpc) is 2.52. The highest BCUT2D eigenvalue weighted by atomic mass is 19.1. The normalized spacial score (nSPS) is 32.4. The number of alkyl halides is 1. The molecule has 0 radical (unpaired) electrons. The molecule has 1 saturated heterocycles. The van der Waals surface area contributed by atoms with Gasteiger partial charge >= 0.3 is 0 Å². The molecule has 0 bridgehead atoms. The maximum Gasteiger partial charge on any atom is 0.169 e. The predicted molar refractivity (Wildman–Crippen MR) is 70.8 cm³/mol. The van der Waals surface area contributed by atoms with Crippen LogP contribution < -0.4 is 0 Å². The fraction of sp³-hybridized carbons (Fsp3) is 0.538. The molecule has 7 nitrogen and oxygen atoms in total. The second kappa shape index (κ2) is 7.35. The van der Waals surface area contributed by atoms with E-state index < -0.39 is 37.3 Å². The highest BCUT2D eigenvalue weighted by Crippen LogP contribution is 2.27. The number of halogens is 1. The fourth-order valence-electron chi connectivity index (χ4n) is 2.11. The van der Waals surface area contributed by atoms with Crippen LogP contribution in [0.2, 0.25) is 0 Å². The minimum absolute atomic E-state index is 0.144. The van der Waals surface area contributed by atoms with E-state index in [4.69, 9.17) is 20.1 Å². The summed E-state index contributed by atoms with van der Waals surface area (Å²) in [7, 11) is 0. The van der Waals surface area contributed by atoms with Crippen molar-refractivity contribution in [1.82, 2.24) is 0 Å². The van der Waals surface area contributed by atoms with E-state index in [-0.39, 0.29) is 6.61 Å². The molecule has 0 saturated carbocycles. The van der Waals surface area contributed by atoms with Crippen molar-refractivity contribution in [3.63, 3.8) is 0 Å². The van der Waals surface area contributed by atoms with E-state index >= 15 is 0 Å². The van der Waals surface area contributed by atoms with Crippen LogP contribution >= 0.6 is 0 Å². The van der Waals surface area contributed by atoms with Gasteiger partial charge in [-0.3, -0.25) is 0 Å². The number of nitrogens with zero attached hydrogens (tertiary/aromatic N) is 3. The Bertz CT molecular complexity index is 497. The molecule has 2 rings (SSSR count). The third kappa shape index (κ3) is 3.69. The Hall–Kier alpha value is -1.70. The van der Waals surface area contributed by atoms with Crippen LogP contribution in [0.1, 0.15) is 5.56 Å². The van der Waals surface area contributed by atoms with Gasteiger partial charge in [-0.15, -0.1) is 0 Å². The summed E-state index contributed by atoms with van der Waals surface area (Å²) in [6.07, 6.45) is -5.78. The molecule has 1 aromatic rings. The first-order chi connectivity index (χ1) is 10.2. The van der Waals surface area contributed by atoms with Crippen molar-refractivity contribution in [2.45, 2.75) is 37.3 Å². The molecule has 2 unspecified atom stereocenters. The second-order valence-corrected chi connectivity index (χ2v) is 4.65. The SMILES string of the molecule is [N-]=[N+]=N[C@H]1C(OCc2ccccc2)OC(CO)[C@@H](F)[C@@H]1O. The van der Waals surface area contributed by atoms with Crippen molar-refractivity contribution in [3.8, 4) is 0 Å². The Balaban J connectivity index is 2.08. The molecule has 0 aliphatic carbocycles. The number of aliphatic hydroxyl groups is 2. The molecule has 0 aromatic heterocycles. The maximum atomic E-state index is 13.8. The number of rotatable bonds is 5. The van der Waals surface area contributed by atoms with Crippen LogP contribution in [0.25, 0.3) is 10.4 Å². The Morgan fingerprint density at radius 3 is 2.71 bits per heavy atom. The highest BCUT2D eigenvalue weighted by molar-refractivity contribution is 5.13. The van der Waals surface area contributed by atoms with Crippen molar-refractivity contribution in [1.29, 1.82) is 0 Å². The summed E-state index contributed by atoms with van der Waals surface area (Å²) in [5, 5.41) is 22.2. The molecule has 114 valence electrons. The Morgan fingerprint density at radius 1 is 1.38 bits per heavy atom. The van der Waals surface area contributed by atoms with Crippen LogP contribution in [0, 0.1) is 0 Å². The van der Waals surface area contributed by atoms with Crippen molar-refractivity contribution in [3.05, 3.63) is 46.3 Å². The zero-order chi connectivity index (χ0) is 15.2. The third-order valence-electron chi connectivity index (χ3n) is 3.24. The molecule has 8 heteroatoms. The van der Waals surface area contributed by atoms with Gasteiger partial charge in [0.25, 0.3) is 0 Å². The van der Waals surface area contributed by atoms with Crippen LogP contribution in [-0.4, -0.2) is 47.5 Å². The van der Waals surface area contributed by atoms with Crippen LogP contribution in [0.5, 0.6) is 0 Å². The molecular formula is C13H16FN3O4. The fourth-order valence-corrected chi connectivity index (χ4v) is 2.11. The molecule has 1 heterocycles. The van der Waals surface area contributed by atoms with E-state index in [0.29, 0.717) is 0 Å². The number of benzene rings is 1. The van der Waals surface area contributed by atoms with E-state index in [1.807, 2.05) is 30.3 Å². The van der Waals surface area contributed by atoms with Crippen LogP contribution in [0.3, 0.4) is 0 Å². The molecule has 1 aliphatic rings. The lowest BCUT2D eigenvalue weighted by atomic mass is 9.99. The number of ether oxygens (including phenoxy) is 2. The first kappa shape index (κ1) is 15.7. The number of hydrogen-bond acceptors (Lipinski definition) is 5. The van der Waals surface area contributed by atoms with E-state index in [1.54, 1.807) is 0 Å². The van der Waals surface area contributed by atoms with Crippen LogP contribution in [0.4, 0.5) is 4.39 Å². The smallest absolute Gasteiger partial charge is 0.169 e. The summed E-state index contributed by atoms with van der Waals surface area (Å²) >= 11 is 0. The van der Waals surface area contributed by atoms with E-state index in [2.05, 4.69) is 10.0 Å². The Kier molecular flexibility index (Phi) is 5.49. The zero-order valence-corrected chi connectivity index (χ0v) is 11.1. The summed E-state index contributed by atoms with van der Waals surface area (Å²) in [5.41, 5.74) is 9.36. The first-order valence-electron chi connectivity index (χ1n) is 6.45. The van der Waals surface area contributed by atoms with Gasteiger partial charge in [0.2, 0.25) is 0 Å². The average molecular weight is 297 g/mol. The lowest BCUT2D eigenvalue weighted by Gasteiger charge is -2.39. The largest absolute Gasteiger partial charge is 0.394 e. The van der Waals surface area contributed by atoms with Gasteiger partial charge < -0.3 is 19.7 Å². The van der Waals surface area contributed by atoms with Crippen LogP contribution in [0.15, 0.2) is 35.4 Å². The van der Waals surface area contributed by atoms with Crippen molar-refractivity contribution < 1.29 is 24.1 Å². The summed E-state index contributed by atoms with van der Waals surface area (Å²) in [4.78, 5) is 2.58. The minimum Gasteiger partial charge on any atom is -0.394 e. The van der Waals surface area contributed by atoms with E-state index in [9.17, 15) is 9.50 Å². The van der Waals surface area contributed by atoms with Gasteiger partial charge in [0.15, 0.2) is 12.5 Å². The van der Waals surface area contributed by atoms with Gasteiger partial charge in [0.05, 0.1) is 13.2 Å². The van der Waals surface area contributed by atoms with Gasteiger partial charge in [-0.2, -0.15) is 0 Å². The van der Waals surface area contributed by atoms with Crippen molar-refractivity contribution in [2.24, 2.45) is 5.11 Å². The predicted octanol–water partition coefficient (Wildman–Crippen LogP) is 1.30. The summed E-state index contributed by atoms with van der Waals surface area (Å²) in [5.74, 6) is 0. The number of azide groups is 1. The molecule has 1 aliphatic heterocycles. The quantitative estimate of drug-likeness (QED) is 0.485. The van der Waals surface area contributed by atoms with Gasteiger partial charge in [-0.25, -0.2) is 4.39 Å². The third-order valence-corrected chi connectivity index (χ3v) is 3.24. The molecule has 1 aromatic carbocycles. The molecule has 0 amide bonds. The summed E-state index contributed by atoms with van der Waals surface area (Å²) in [6, 6.07) is 7.94. The molecule has 5 atom stereocenters. The first-order valence-corrected chi connectivity index (χ1v) is 6.45. The molecule has 0 spiro atoms. The summed E-state index contributed by atoms with van der Waals surface area (Å²) < 4.78 is 24.5. The van der Waals surface area contributed by atoms with Gasteiger partial charge in [-0.05, 0) is 11.1 Å². The van der Waals surface area contributed by atoms with Crippen LogP contribution in [-0.2, 0) is 16.1 Å². The van der Waals surface area contributed by atoms with E-state index in [0.717, 1.165) is 5.56 Å². The molecule has 2 N–H and O–H groups in total. The Morgan fingerprint density at radius 2 is 2.10 bits per heavy atom. The van der Waals surface area contributed by atoms with Gasteiger partial charge in [-0.1, -0.05) is 35.4 Å².